The van der Waals surface area contributed by atoms with E-state index in [0.717, 1.165) is 41.9 Å². The molecule has 0 bridgehead atoms. The summed E-state index contributed by atoms with van der Waals surface area (Å²) in [7, 11) is 1.62. The Balaban J connectivity index is 1.66. The highest BCUT2D eigenvalue weighted by atomic mass is 35.5. The van der Waals surface area contributed by atoms with Crippen LogP contribution < -0.4 is 10.1 Å². The second kappa shape index (κ2) is 12.9. The third kappa shape index (κ3) is 7.97. The van der Waals surface area contributed by atoms with E-state index in [2.05, 4.69) is 5.32 Å². The quantitative estimate of drug-likeness (QED) is 0.436. The van der Waals surface area contributed by atoms with E-state index in [1.54, 1.807) is 23.8 Å². The second-order valence-corrected chi connectivity index (χ2v) is 10.0. The number of rotatable bonds is 10. The fourth-order valence-electron chi connectivity index (χ4n) is 4.05. The molecule has 1 unspecified atom stereocenters. The van der Waals surface area contributed by atoms with Gasteiger partial charge in [0.25, 0.3) is 0 Å². The lowest BCUT2D eigenvalue weighted by atomic mass is 9.95. The fourth-order valence-corrected chi connectivity index (χ4v) is 5.02. The van der Waals surface area contributed by atoms with Crippen molar-refractivity contribution in [3.05, 3.63) is 59.1 Å². The summed E-state index contributed by atoms with van der Waals surface area (Å²) in [5.74, 6) is 1.25. The lowest BCUT2D eigenvalue weighted by Crippen LogP contribution is -2.50. The zero-order valence-corrected chi connectivity index (χ0v) is 21.0. The van der Waals surface area contributed by atoms with Crippen molar-refractivity contribution in [2.24, 2.45) is 0 Å². The number of nitrogens with zero attached hydrogens (tertiary/aromatic N) is 1. The Hall–Kier alpha value is -2.18. The molecule has 0 heterocycles. The van der Waals surface area contributed by atoms with Gasteiger partial charge in [0.05, 0.1) is 7.11 Å². The van der Waals surface area contributed by atoms with Gasteiger partial charge in [-0.1, -0.05) is 43.0 Å². The summed E-state index contributed by atoms with van der Waals surface area (Å²) >= 11 is 7.56. The Morgan fingerprint density at radius 3 is 2.58 bits per heavy atom. The highest BCUT2D eigenvalue weighted by molar-refractivity contribution is 7.99. The first-order chi connectivity index (χ1) is 16.0. The Morgan fingerprint density at radius 1 is 1.15 bits per heavy atom. The molecule has 178 valence electrons. The maximum Gasteiger partial charge on any atom is 0.242 e. The van der Waals surface area contributed by atoms with Crippen molar-refractivity contribution in [1.82, 2.24) is 10.2 Å². The molecule has 3 rings (SSSR count). The Labute approximate surface area is 206 Å². The third-order valence-corrected chi connectivity index (χ3v) is 7.27. The van der Waals surface area contributed by atoms with Crippen molar-refractivity contribution >= 4 is 35.2 Å². The number of halogens is 1. The largest absolute Gasteiger partial charge is 0.497 e. The minimum atomic E-state index is -0.550. The summed E-state index contributed by atoms with van der Waals surface area (Å²) in [4.78, 5) is 29.1. The van der Waals surface area contributed by atoms with Crippen LogP contribution in [0.3, 0.4) is 0 Å². The number of hydrogen-bond acceptors (Lipinski definition) is 4. The number of methoxy groups -OCH3 is 1. The second-order valence-electron chi connectivity index (χ2n) is 8.45. The van der Waals surface area contributed by atoms with Gasteiger partial charge >= 0.3 is 0 Å². The van der Waals surface area contributed by atoms with Gasteiger partial charge in [0.1, 0.15) is 11.8 Å². The molecule has 2 aromatic rings. The maximum atomic E-state index is 13.3. The monoisotopic (exact) mass is 488 g/mol. The van der Waals surface area contributed by atoms with Crippen molar-refractivity contribution in [3.63, 3.8) is 0 Å². The molecule has 33 heavy (non-hydrogen) atoms. The van der Waals surface area contributed by atoms with Gasteiger partial charge in [0.15, 0.2) is 0 Å². The minimum Gasteiger partial charge on any atom is -0.497 e. The van der Waals surface area contributed by atoms with Crippen LogP contribution >= 0.6 is 23.4 Å². The van der Waals surface area contributed by atoms with Crippen LogP contribution in [0.5, 0.6) is 5.75 Å². The van der Waals surface area contributed by atoms with E-state index in [9.17, 15) is 9.59 Å². The molecule has 1 fully saturated rings. The number of benzene rings is 2. The van der Waals surface area contributed by atoms with Crippen molar-refractivity contribution < 1.29 is 14.3 Å². The van der Waals surface area contributed by atoms with Gasteiger partial charge in [-0.15, -0.1) is 11.8 Å². The summed E-state index contributed by atoms with van der Waals surface area (Å²) < 4.78 is 5.33. The molecule has 0 aromatic heterocycles. The first-order valence-electron chi connectivity index (χ1n) is 11.6. The summed E-state index contributed by atoms with van der Waals surface area (Å²) in [6.45, 7) is 2.18. The van der Waals surface area contributed by atoms with Gasteiger partial charge in [0, 0.05) is 34.7 Å². The van der Waals surface area contributed by atoms with Crippen LogP contribution in [0.25, 0.3) is 0 Å². The molecule has 1 atom stereocenters. The van der Waals surface area contributed by atoms with Crippen molar-refractivity contribution in [3.8, 4) is 5.75 Å². The first kappa shape index (κ1) is 25.4. The zero-order valence-electron chi connectivity index (χ0n) is 19.4. The smallest absolute Gasteiger partial charge is 0.242 e. The number of hydrogen-bond donors (Lipinski definition) is 1. The van der Waals surface area contributed by atoms with Crippen LogP contribution in [0.2, 0.25) is 5.02 Å². The van der Waals surface area contributed by atoms with E-state index in [0.29, 0.717) is 23.7 Å². The number of amides is 2. The van der Waals surface area contributed by atoms with Crippen LogP contribution in [-0.2, 0) is 16.1 Å². The predicted molar refractivity (Wildman–Crippen MR) is 135 cm³/mol. The standard InChI is InChI=1S/C26H33ClN2O3S/c1-19(26(31)28-22-8-4-3-5-9-22)29(18-20-7-6-10-23(17-20)32-2)25(30)15-16-33-24-13-11-21(27)12-14-24/h6-7,10-14,17,19,22H,3-5,8-9,15-16,18H2,1-2H3,(H,28,31). The number of carbonyl (C=O) groups is 2. The lowest BCUT2D eigenvalue weighted by molar-refractivity contribution is -0.140. The van der Waals surface area contributed by atoms with Crippen molar-refractivity contribution in [2.45, 2.75) is 69.0 Å². The molecule has 2 amide bonds. The third-order valence-electron chi connectivity index (χ3n) is 6.00. The summed E-state index contributed by atoms with van der Waals surface area (Å²) in [5, 5.41) is 3.87. The van der Waals surface area contributed by atoms with Gasteiger partial charge < -0.3 is 15.0 Å². The van der Waals surface area contributed by atoms with E-state index < -0.39 is 6.04 Å². The number of thioether (sulfide) groups is 1. The highest BCUT2D eigenvalue weighted by Gasteiger charge is 2.28. The molecular weight excluding hydrogens is 456 g/mol. The van der Waals surface area contributed by atoms with Gasteiger partial charge in [-0.05, 0) is 61.7 Å². The first-order valence-corrected chi connectivity index (χ1v) is 12.9. The number of nitrogens with one attached hydrogen (secondary N) is 1. The minimum absolute atomic E-state index is 0.0365. The molecule has 1 saturated carbocycles. The molecule has 1 aliphatic carbocycles. The molecule has 0 spiro atoms. The van der Waals surface area contributed by atoms with Gasteiger partial charge in [0.2, 0.25) is 11.8 Å². The predicted octanol–water partition coefficient (Wildman–Crippen LogP) is 5.70. The van der Waals surface area contributed by atoms with E-state index in [1.165, 1.54) is 6.42 Å². The maximum absolute atomic E-state index is 13.3. The van der Waals surface area contributed by atoms with Gasteiger partial charge in [-0.3, -0.25) is 9.59 Å². The number of carbonyl (C=O) groups excluding carboxylic acids is 2. The molecule has 1 aliphatic rings. The molecule has 7 heteroatoms. The van der Waals surface area contributed by atoms with Crippen LogP contribution in [0.15, 0.2) is 53.4 Å². The molecule has 0 aliphatic heterocycles. The van der Waals surface area contributed by atoms with E-state index in [-0.39, 0.29) is 17.9 Å². The zero-order chi connectivity index (χ0) is 23.6. The number of ether oxygens (including phenoxy) is 1. The SMILES string of the molecule is COc1cccc(CN(C(=O)CCSc2ccc(Cl)cc2)C(C)C(=O)NC2CCCCC2)c1. The Morgan fingerprint density at radius 2 is 1.88 bits per heavy atom. The normalized spacial score (nSPS) is 15.0. The average Bonchev–Trinajstić information content (AvgIpc) is 2.84. The molecule has 0 saturated heterocycles. The van der Waals surface area contributed by atoms with Crippen LogP contribution in [0.1, 0.15) is 51.0 Å². The van der Waals surface area contributed by atoms with Gasteiger partial charge in [-0.2, -0.15) is 0 Å². The summed E-state index contributed by atoms with van der Waals surface area (Å²) in [6, 6.07) is 14.9. The highest BCUT2D eigenvalue weighted by Crippen LogP contribution is 2.23. The van der Waals surface area contributed by atoms with E-state index in [1.807, 2.05) is 55.5 Å². The topological polar surface area (TPSA) is 58.6 Å². The molecule has 0 radical (unpaired) electrons. The van der Waals surface area contributed by atoms with Crippen LogP contribution in [0.4, 0.5) is 0 Å². The van der Waals surface area contributed by atoms with Crippen LogP contribution in [0, 0.1) is 0 Å². The van der Waals surface area contributed by atoms with Crippen molar-refractivity contribution in [2.75, 3.05) is 12.9 Å². The fraction of sp³-hybridized carbons (Fsp3) is 0.462. The Kier molecular flexibility index (Phi) is 9.95. The lowest BCUT2D eigenvalue weighted by Gasteiger charge is -2.31. The molecule has 2 aromatic carbocycles. The van der Waals surface area contributed by atoms with Crippen molar-refractivity contribution in [1.29, 1.82) is 0 Å². The molecule has 1 N–H and O–H groups in total. The summed E-state index contributed by atoms with van der Waals surface area (Å²) in [5.41, 5.74) is 0.936. The molecule has 5 nitrogen and oxygen atoms in total. The van der Waals surface area contributed by atoms with E-state index >= 15 is 0 Å². The average molecular weight is 489 g/mol. The Bertz CT molecular complexity index is 916. The van der Waals surface area contributed by atoms with E-state index in [4.69, 9.17) is 16.3 Å². The van der Waals surface area contributed by atoms with Gasteiger partial charge in [-0.25, -0.2) is 0 Å². The molecular formula is C26H33ClN2O3S. The summed E-state index contributed by atoms with van der Waals surface area (Å²) in [6.07, 6.45) is 5.90. The van der Waals surface area contributed by atoms with Crippen LogP contribution in [-0.4, -0.2) is 41.7 Å².